The second-order valence-electron chi connectivity index (χ2n) is 4.59. The van der Waals surface area contributed by atoms with Gasteiger partial charge in [0.15, 0.2) is 5.79 Å². The molecular formula is C11H14BrNO3. The van der Waals surface area contributed by atoms with Crippen LogP contribution in [0.25, 0.3) is 0 Å². The van der Waals surface area contributed by atoms with Gasteiger partial charge in [-0.15, -0.1) is 0 Å². The minimum absolute atomic E-state index is 0.196. The molecule has 1 fully saturated rings. The van der Waals surface area contributed by atoms with Gasteiger partial charge < -0.3 is 14.6 Å². The van der Waals surface area contributed by atoms with E-state index >= 15 is 0 Å². The van der Waals surface area contributed by atoms with Crippen molar-refractivity contribution < 1.29 is 14.6 Å². The van der Waals surface area contributed by atoms with E-state index in [1.807, 2.05) is 19.9 Å². The molecule has 5 heteroatoms. The lowest BCUT2D eigenvalue weighted by Gasteiger charge is -2.31. The summed E-state index contributed by atoms with van der Waals surface area (Å²) in [4.78, 5) is 0. The zero-order chi connectivity index (χ0) is 11.9. The van der Waals surface area contributed by atoms with E-state index in [-0.39, 0.29) is 18.4 Å². The molecule has 2 rings (SSSR count). The van der Waals surface area contributed by atoms with Gasteiger partial charge in [0.2, 0.25) is 0 Å². The van der Waals surface area contributed by atoms with Gasteiger partial charge in [0.1, 0.15) is 12.2 Å². The van der Waals surface area contributed by atoms with Crippen molar-refractivity contribution in [1.29, 1.82) is 5.26 Å². The Labute approximate surface area is 103 Å². The third-order valence-corrected chi connectivity index (χ3v) is 3.59. The molecule has 0 amide bonds. The van der Waals surface area contributed by atoms with Gasteiger partial charge in [-0.2, -0.15) is 5.26 Å². The zero-order valence-electron chi connectivity index (χ0n) is 9.18. The fourth-order valence-electron chi connectivity index (χ4n) is 2.18. The Morgan fingerprint density at radius 2 is 2.25 bits per heavy atom. The van der Waals surface area contributed by atoms with Crippen molar-refractivity contribution in [3.63, 3.8) is 0 Å². The molecule has 1 aliphatic heterocycles. The number of halogens is 1. The Bertz CT molecular complexity index is 361. The molecule has 0 spiro atoms. The second kappa shape index (κ2) is 4.11. The van der Waals surface area contributed by atoms with Gasteiger partial charge in [-0.25, -0.2) is 0 Å². The van der Waals surface area contributed by atoms with Gasteiger partial charge in [0.25, 0.3) is 0 Å². The van der Waals surface area contributed by atoms with Crippen LogP contribution in [0.5, 0.6) is 0 Å². The highest BCUT2D eigenvalue weighted by molar-refractivity contribution is 9.11. The molecule has 0 radical (unpaired) electrons. The summed E-state index contributed by atoms with van der Waals surface area (Å²) >= 11 is 3.42. The smallest absolute Gasteiger partial charge is 0.164 e. The highest BCUT2D eigenvalue weighted by atomic mass is 79.9. The molecule has 1 N–H and O–H groups in total. The van der Waals surface area contributed by atoms with E-state index in [0.717, 1.165) is 4.48 Å². The third-order valence-electron chi connectivity index (χ3n) is 2.88. The van der Waals surface area contributed by atoms with Crippen LogP contribution in [-0.4, -0.2) is 29.2 Å². The molecule has 16 heavy (non-hydrogen) atoms. The normalized spacial score (nSPS) is 41.1. The van der Waals surface area contributed by atoms with E-state index in [1.54, 1.807) is 0 Å². The van der Waals surface area contributed by atoms with Crippen LogP contribution in [0.2, 0.25) is 0 Å². The standard InChI is InChI=1S/C11H14BrNO3/c1-11(2)15-9-7(12)5-6(3-4-13)8(14)10(9)16-11/h5-6,8-10,14H,3H2,1-2H3/t6-,8+,9-,10+/m1/s1. The number of aliphatic hydroxyl groups excluding tert-OH is 1. The zero-order valence-corrected chi connectivity index (χ0v) is 10.8. The summed E-state index contributed by atoms with van der Waals surface area (Å²) in [5.74, 6) is -0.886. The Morgan fingerprint density at radius 3 is 2.88 bits per heavy atom. The molecule has 4 atom stereocenters. The maximum absolute atomic E-state index is 10.1. The molecule has 0 aromatic carbocycles. The van der Waals surface area contributed by atoms with E-state index < -0.39 is 18.0 Å². The van der Waals surface area contributed by atoms with E-state index in [0.29, 0.717) is 0 Å². The summed E-state index contributed by atoms with van der Waals surface area (Å²) in [7, 11) is 0. The van der Waals surface area contributed by atoms with Crippen molar-refractivity contribution in [1.82, 2.24) is 0 Å². The van der Waals surface area contributed by atoms with Gasteiger partial charge in [0, 0.05) is 16.8 Å². The molecule has 1 aliphatic carbocycles. The van der Waals surface area contributed by atoms with Crippen LogP contribution in [0.3, 0.4) is 0 Å². The average Bonchev–Trinajstić information content (AvgIpc) is 2.51. The van der Waals surface area contributed by atoms with E-state index in [1.165, 1.54) is 0 Å². The SMILES string of the molecule is CC1(C)O[C@H]2[C@@H](O)[C@H](CC#N)C=C(Br)[C@H]2O1. The van der Waals surface area contributed by atoms with Crippen LogP contribution in [0.4, 0.5) is 0 Å². The number of hydrogen-bond acceptors (Lipinski definition) is 4. The molecule has 0 bridgehead atoms. The van der Waals surface area contributed by atoms with Crippen molar-refractivity contribution in [3.8, 4) is 6.07 Å². The maximum atomic E-state index is 10.1. The predicted molar refractivity (Wildman–Crippen MR) is 60.6 cm³/mol. The Morgan fingerprint density at radius 1 is 1.56 bits per heavy atom. The third kappa shape index (κ3) is 2.03. The molecule has 0 unspecified atom stereocenters. The fourth-order valence-corrected chi connectivity index (χ4v) is 2.87. The Balaban J connectivity index is 2.24. The number of ether oxygens (including phenoxy) is 2. The first-order valence-corrected chi connectivity index (χ1v) is 6.02. The highest BCUT2D eigenvalue weighted by Gasteiger charge is 2.50. The van der Waals surface area contributed by atoms with E-state index in [2.05, 4.69) is 22.0 Å². The van der Waals surface area contributed by atoms with E-state index in [4.69, 9.17) is 14.7 Å². The van der Waals surface area contributed by atoms with Crippen molar-refractivity contribution in [2.75, 3.05) is 0 Å². The summed E-state index contributed by atoms with van der Waals surface area (Å²) in [5.41, 5.74) is 0. The van der Waals surface area contributed by atoms with Crippen molar-refractivity contribution >= 4 is 15.9 Å². The predicted octanol–water partition coefficient (Wildman–Crippen LogP) is 1.69. The topological polar surface area (TPSA) is 62.5 Å². The van der Waals surface area contributed by atoms with Crippen LogP contribution < -0.4 is 0 Å². The quantitative estimate of drug-likeness (QED) is 0.797. The van der Waals surface area contributed by atoms with Crippen LogP contribution in [0.15, 0.2) is 10.6 Å². The van der Waals surface area contributed by atoms with Crippen LogP contribution in [0.1, 0.15) is 20.3 Å². The Hall–Kier alpha value is -0.410. The molecule has 2 aliphatic rings. The molecule has 1 heterocycles. The first kappa shape index (κ1) is 12.1. The van der Waals surface area contributed by atoms with Gasteiger partial charge in [-0.05, 0) is 13.8 Å². The van der Waals surface area contributed by atoms with Crippen LogP contribution >= 0.6 is 15.9 Å². The number of nitriles is 1. The average molecular weight is 288 g/mol. The van der Waals surface area contributed by atoms with Gasteiger partial charge in [0.05, 0.1) is 12.2 Å². The van der Waals surface area contributed by atoms with Crippen LogP contribution in [0, 0.1) is 17.2 Å². The number of rotatable bonds is 1. The molecule has 4 nitrogen and oxygen atoms in total. The molecule has 0 saturated carbocycles. The molecular weight excluding hydrogens is 274 g/mol. The van der Waals surface area contributed by atoms with Gasteiger partial charge >= 0.3 is 0 Å². The summed E-state index contributed by atoms with van der Waals surface area (Å²) in [6, 6.07) is 2.07. The van der Waals surface area contributed by atoms with E-state index in [9.17, 15) is 5.11 Å². The number of hydrogen-bond donors (Lipinski definition) is 1. The van der Waals surface area contributed by atoms with Gasteiger partial charge in [-0.1, -0.05) is 22.0 Å². The molecule has 0 aromatic rings. The van der Waals surface area contributed by atoms with Crippen molar-refractivity contribution in [2.45, 2.75) is 44.4 Å². The Kier molecular flexibility index (Phi) is 3.10. The van der Waals surface area contributed by atoms with Crippen molar-refractivity contribution in [2.24, 2.45) is 5.92 Å². The first-order valence-electron chi connectivity index (χ1n) is 5.22. The monoisotopic (exact) mass is 287 g/mol. The van der Waals surface area contributed by atoms with Gasteiger partial charge in [-0.3, -0.25) is 0 Å². The molecule has 0 aromatic heterocycles. The lowest BCUT2D eigenvalue weighted by atomic mass is 9.87. The lowest BCUT2D eigenvalue weighted by Crippen LogP contribution is -2.43. The van der Waals surface area contributed by atoms with Crippen LogP contribution in [-0.2, 0) is 9.47 Å². The fraction of sp³-hybridized carbons (Fsp3) is 0.727. The highest BCUT2D eigenvalue weighted by Crippen LogP contribution is 2.41. The number of aliphatic hydroxyl groups is 1. The summed E-state index contributed by atoms with van der Waals surface area (Å²) in [6.45, 7) is 3.63. The minimum atomic E-state index is -0.690. The lowest BCUT2D eigenvalue weighted by molar-refractivity contribution is -0.155. The molecule has 88 valence electrons. The largest absolute Gasteiger partial charge is 0.390 e. The second-order valence-corrected chi connectivity index (χ2v) is 5.50. The summed E-state index contributed by atoms with van der Waals surface area (Å²) in [5, 5.41) is 18.8. The van der Waals surface area contributed by atoms with Crippen molar-refractivity contribution in [3.05, 3.63) is 10.6 Å². The number of nitrogens with zero attached hydrogens (tertiary/aromatic N) is 1. The summed E-state index contributed by atoms with van der Waals surface area (Å²) < 4.78 is 12.2. The number of fused-ring (bicyclic) bond motifs is 1. The summed E-state index contributed by atoms with van der Waals surface area (Å²) in [6.07, 6.45) is 0.781. The maximum Gasteiger partial charge on any atom is 0.164 e. The molecule has 1 saturated heterocycles. The minimum Gasteiger partial charge on any atom is -0.390 e. The first-order chi connectivity index (χ1) is 7.44.